The molecule has 180 valence electrons. The number of sulfone groups is 1. The van der Waals surface area contributed by atoms with Gasteiger partial charge in [-0.15, -0.1) is 0 Å². The molecule has 2 amide bonds. The highest BCUT2D eigenvalue weighted by Crippen LogP contribution is 2.46. The van der Waals surface area contributed by atoms with Gasteiger partial charge in [0.25, 0.3) is 5.91 Å². The van der Waals surface area contributed by atoms with Crippen molar-refractivity contribution >= 4 is 27.5 Å². The van der Waals surface area contributed by atoms with Crippen molar-refractivity contribution in [2.45, 2.75) is 69.4 Å². The maximum atomic E-state index is 13.5. The molecule has 8 nitrogen and oxygen atoms in total. The lowest BCUT2D eigenvalue weighted by Crippen LogP contribution is -2.50. The van der Waals surface area contributed by atoms with Crippen LogP contribution in [-0.4, -0.2) is 42.0 Å². The summed E-state index contributed by atoms with van der Waals surface area (Å²) < 4.78 is 25.0. The molecule has 2 N–H and O–H groups in total. The number of hydrogen-bond donors (Lipinski definition) is 2. The van der Waals surface area contributed by atoms with Crippen LogP contribution < -0.4 is 10.6 Å². The molecule has 1 aromatic heterocycles. The third-order valence-corrected chi connectivity index (χ3v) is 8.47. The molecule has 6 rings (SSSR count). The lowest BCUT2D eigenvalue weighted by atomic mass is 9.82. The lowest BCUT2D eigenvalue weighted by Gasteiger charge is -2.35. The van der Waals surface area contributed by atoms with Crippen LogP contribution in [0, 0.1) is 5.92 Å². The Morgan fingerprint density at radius 1 is 1.26 bits per heavy atom. The summed E-state index contributed by atoms with van der Waals surface area (Å²) in [5.41, 5.74) is 4.44. The number of anilines is 1. The average Bonchev–Trinajstić information content (AvgIpc) is 3.68. The van der Waals surface area contributed by atoms with Crippen molar-refractivity contribution in [1.82, 2.24) is 15.1 Å². The number of amides is 2. The second-order valence-corrected chi connectivity index (χ2v) is 12.8. The molecule has 2 saturated carbocycles. The largest absolute Gasteiger partial charge is 0.342 e. The molecule has 0 unspecified atom stereocenters. The Hall–Kier alpha value is -2.68. The van der Waals surface area contributed by atoms with Crippen molar-refractivity contribution in [2.24, 2.45) is 5.92 Å². The number of hydrogen-bond acceptors (Lipinski definition) is 5. The van der Waals surface area contributed by atoms with E-state index in [2.05, 4.69) is 28.8 Å². The molecule has 2 heterocycles. The molecule has 1 aliphatic heterocycles. The normalized spacial score (nSPS) is 23.5. The van der Waals surface area contributed by atoms with Gasteiger partial charge in [0.2, 0.25) is 5.91 Å². The quantitative estimate of drug-likeness (QED) is 0.631. The monoisotopic (exact) mass is 482 g/mol. The van der Waals surface area contributed by atoms with Crippen LogP contribution in [0.25, 0.3) is 0 Å². The van der Waals surface area contributed by atoms with Crippen LogP contribution in [0.2, 0.25) is 0 Å². The third kappa shape index (κ3) is 4.04. The molecular formula is C25H30N4O4S. The van der Waals surface area contributed by atoms with Crippen molar-refractivity contribution < 1.29 is 18.0 Å². The minimum absolute atomic E-state index is 0.257. The van der Waals surface area contributed by atoms with Crippen LogP contribution in [0.1, 0.15) is 77.2 Å². The first-order chi connectivity index (χ1) is 16.2. The number of carbonyl (C=O) groups excluding carboxylic acids is 2. The molecule has 0 saturated heterocycles. The summed E-state index contributed by atoms with van der Waals surface area (Å²) in [4.78, 5) is 25.9. The van der Waals surface area contributed by atoms with Crippen LogP contribution in [0.4, 0.5) is 5.82 Å². The highest BCUT2D eigenvalue weighted by atomic mass is 32.2. The molecular weight excluding hydrogens is 452 g/mol. The maximum Gasteiger partial charge on any atom is 0.257 e. The van der Waals surface area contributed by atoms with Gasteiger partial charge in [0, 0.05) is 19.2 Å². The van der Waals surface area contributed by atoms with Gasteiger partial charge in [0.05, 0.1) is 11.2 Å². The first-order valence-corrected chi connectivity index (χ1v) is 14.3. The topological polar surface area (TPSA) is 110 Å². The Morgan fingerprint density at radius 3 is 2.76 bits per heavy atom. The predicted octanol–water partition coefficient (Wildman–Crippen LogP) is 2.67. The van der Waals surface area contributed by atoms with Crippen molar-refractivity contribution in [3.05, 3.63) is 46.1 Å². The van der Waals surface area contributed by atoms with Crippen LogP contribution >= 0.6 is 0 Å². The van der Waals surface area contributed by atoms with E-state index in [1.807, 2.05) is 0 Å². The summed E-state index contributed by atoms with van der Waals surface area (Å²) in [6.07, 6.45) is 9.17. The van der Waals surface area contributed by atoms with Crippen molar-refractivity contribution in [3.63, 3.8) is 0 Å². The summed E-state index contributed by atoms with van der Waals surface area (Å²) in [6.45, 7) is 0.591. The van der Waals surface area contributed by atoms with Gasteiger partial charge in [-0.25, -0.2) is 13.1 Å². The van der Waals surface area contributed by atoms with Crippen LogP contribution in [0.15, 0.2) is 18.2 Å². The molecule has 34 heavy (non-hydrogen) atoms. The number of rotatable bonds is 7. The van der Waals surface area contributed by atoms with E-state index in [0.717, 1.165) is 25.5 Å². The van der Waals surface area contributed by atoms with E-state index in [9.17, 15) is 18.0 Å². The minimum Gasteiger partial charge on any atom is -0.342 e. The molecule has 4 aliphatic rings. The molecule has 2 fully saturated rings. The Kier molecular flexibility index (Phi) is 4.92. The maximum absolute atomic E-state index is 13.5. The number of nitrogens with one attached hydrogen (secondary N) is 2. The second kappa shape index (κ2) is 7.66. The van der Waals surface area contributed by atoms with E-state index in [0.29, 0.717) is 41.9 Å². The zero-order valence-electron chi connectivity index (χ0n) is 19.4. The number of fused-ring (bicyclic) bond motifs is 3. The van der Waals surface area contributed by atoms with Crippen LogP contribution in [0.3, 0.4) is 0 Å². The Labute approximate surface area is 199 Å². The zero-order chi connectivity index (χ0) is 23.7. The highest BCUT2D eigenvalue weighted by Gasteiger charge is 2.47. The number of carbonyl (C=O) groups is 2. The molecule has 9 heteroatoms. The third-order valence-electron chi connectivity index (χ3n) is 7.69. The summed E-state index contributed by atoms with van der Waals surface area (Å²) in [6, 6.07) is 6.70. The Bertz CT molecular complexity index is 1310. The molecule has 3 aliphatic carbocycles. The number of nitrogens with zero attached hydrogens (tertiary/aromatic N) is 2. The summed E-state index contributed by atoms with van der Waals surface area (Å²) >= 11 is 0. The Morgan fingerprint density at radius 2 is 2.06 bits per heavy atom. The van der Waals surface area contributed by atoms with E-state index < -0.39 is 27.0 Å². The van der Waals surface area contributed by atoms with Gasteiger partial charge in [0.15, 0.2) is 9.84 Å². The standard InChI is InChI=1S/C25H30N4O4S/c1-34(32,33)14-21(30)26-23-22-20(28-29(23)11-9-15-2-3-15)13-25(27-24(22)31)10-8-18-12-17(16-4-5-16)6-7-19(18)25/h6-7,12,15-16H,2-5,8-11,13-14H2,1H3,(H,26,30)(H,27,31)/t25-/m1/s1. The van der Waals surface area contributed by atoms with Gasteiger partial charge >= 0.3 is 0 Å². The summed E-state index contributed by atoms with van der Waals surface area (Å²) in [7, 11) is -3.49. The molecule has 1 aromatic carbocycles. The van der Waals surface area contributed by atoms with Gasteiger partial charge in [-0.3, -0.25) is 9.59 Å². The van der Waals surface area contributed by atoms with Crippen molar-refractivity contribution in [1.29, 1.82) is 0 Å². The van der Waals surface area contributed by atoms with Gasteiger partial charge in [0.1, 0.15) is 17.1 Å². The van der Waals surface area contributed by atoms with Gasteiger partial charge in [-0.05, 0) is 60.6 Å². The average molecular weight is 483 g/mol. The molecule has 0 radical (unpaired) electrons. The molecule has 0 bridgehead atoms. The van der Waals surface area contributed by atoms with E-state index in [-0.39, 0.29) is 5.91 Å². The Balaban J connectivity index is 1.33. The fourth-order valence-corrected chi connectivity index (χ4v) is 6.19. The van der Waals surface area contributed by atoms with E-state index >= 15 is 0 Å². The van der Waals surface area contributed by atoms with Gasteiger partial charge < -0.3 is 10.6 Å². The fraction of sp³-hybridized carbons (Fsp3) is 0.560. The molecule has 1 atom stereocenters. The van der Waals surface area contributed by atoms with E-state index in [1.54, 1.807) is 4.68 Å². The number of aryl methyl sites for hydroxylation is 2. The lowest BCUT2D eigenvalue weighted by molar-refractivity contribution is -0.113. The van der Waals surface area contributed by atoms with Crippen LogP contribution in [0.5, 0.6) is 0 Å². The van der Waals surface area contributed by atoms with E-state index in [4.69, 9.17) is 5.10 Å². The highest BCUT2D eigenvalue weighted by molar-refractivity contribution is 7.91. The summed E-state index contributed by atoms with van der Waals surface area (Å²) in [5, 5.41) is 10.7. The fourth-order valence-electron chi connectivity index (χ4n) is 5.64. The second-order valence-electron chi connectivity index (χ2n) is 10.6. The number of benzene rings is 1. The first-order valence-electron chi connectivity index (χ1n) is 12.2. The van der Waals surface area contributed by atoms with Gasteiger partial charge in [-0.1, -0.05) is 31.0 Å². The van der Waals surface area contributed by atoms with E-state index in [1.165, 1.54) is 42.4 Å². The molecule has 1 spiro atoms. The first kappa shape index (κ1) is 21.8. The molecule has 2 aromatic rings. The minimum atomic E-state index is -3.49. The van der Waals surface area contributed by atoms with Crippen molar-refractivity contribution in [3.8, 4) is 0 Å². The smallest absolute Gasteiger partial charge is 0.257 e. The summed E-state index contributed by atoms with van der Waals surface area (Å²) in [5.74, 6) is 0.132. The zero-order valence-corrected chi connectivity index (χ0v) is 20.2. The SMILES string of the molecule is CS(=O)(=O)CC(=O)Nc1c2c(nn1CCC1CC1)C[C@@]1(CCc3cc(C4CC4)ccc31)NC2=O. The number of aromatic nitrogens is 2. The van der Waals surface area contributed by atoms with Crippen LogP contribution in [-0.2, 0) is 39.6 Å². The van der Waals surface area contributed by atoms with Gasteiger partial charge in [-0.2, -0.15) is 5.10 Å². The predicted molar refractivity (Wildman–Crippen MR) is 127 cm³/mol. The van der Waals surface area contributed by atoms with Crippen molar-refractivity contribution in [2.75, 3.05) is 17.3 Å².